The molecule has 1 aromatic heterocycles. The maximum absolute atomic E-state index is 14.3. The molecule has 1 fully saturated rings. The molecule has 2 amide bonds. The number of H-pyrrole nitrogens is 1. The van der Waals surface area contributed by atoms with Gasteiger partial charge in [0.05, 0.1) is 12.2 Å². The number of carbonyl (C=O) groups excluding carboxylic acids is 2. The summed E-state index contributed by atoms with van der Waals surface area (Å²) in [5.74, 6) is -2.55. The number of aromatic amines is 1. The average molecular weight is 529 g/mol. The highest BCUT2D eigenvalue weighted by atomic mass is 35.5. The fourth-order valence-corrected chi connectivity index (χ4v) is 4.45. The molecule has 0 radical (unpaired) electrons. The van der Waals surface area contributed by atoms with Crippen molar-refractivity contribution < 1.29 is 23.9 Å². The Morgan fingerprint density at radius 1 is 1.16 bits per heavy atom. The monoisotopic (exact) mass is 528 g/mol. The summed E-state index contributed by atoms with van der Waals surface area (Å²) in [4.78, 5) is 37.2. The second-order valence-electron chi connectivity index (χ2n) is 8.83. The Morgan fingerprint density at radius 3 is 2.59 bits per heavy atom. The highest BCUT2D eigenvalue weighted by Crippen LogP contribution is 2.26. The van der Waals surface area contributed by atoms with Crippen LogP contribution >= 0.6 is 11.6 Å². The maximum atomic E-state index is 14.3. The second-order valence-corrected chi connectivity index (χ2v) is 9.27. The van der Waals surface area contributed by atoms with Crippen LogP contribution in [-0.4, -0.2) is 63.0 Å². The number of aliphatic carboxylic acids is 1. The summed E-state index contributed by atoms with van der Waals surface area (Å²) in [6.07, 6.45) is 2.90. The van der Waals surface area contributed by atoms with Gasteiger partial charge in [-0.1, -0.05) is 35.9 Å². The lowest BCUT2D eigenvalue weighted by Crippen LogP contribution is -2.51. The Balaban J connectivity index is 1.51. The molecule has 10 nitrogen and oxygen atoms in total. The van der Waals surface area contributed by atoms with Crippen molar-refractivity contribution in [3.8, 4) is 11.1 Å². The van der Waals surface area contributed by atoms with E-state index in [0.717, 1.165) is 12.0 Å². The summed E-state index contributed by atoms with van der Waals surface area (Å²) < 4.78 is 14.3. The normalized spacial score (nSPS) is 16.6. The van der Waals surface area contributed by atoms with E-state index in [0.29, 0.717) is 29.1 Å². The predicted octanol–water partition coefficient (Wildman–Crippen LogP) is 2.32. The minimum atomic E-state index is -1.22. The van der Waals surface area contributed by atoms with Gasteiger partial charge in [-0.3, -0.25) is 9.59 Å². The molecule has 3 aromatic rings. The molecule has 194 valence electrons. The van der Waals surface area contributed by atoms with Crippen molar-refractivity contribution in [2.45, 2.75) is 43.8 Å². The van der Waals surface area contributed by atoms with Gasteiger partial charge in [-0.2, -0.15) is 15.4 Å². The lowest BCUT2D eigenvalue weighted by Gasteiger charge is -2.24. The second kappa shape index (κ2) is 11.9. The van der Waals surface area contributed by atoms with Gasteiger partial charge >= 0.3 is 5.97 Å². The van der Waals surface area contributed by atoms with Crippen LogP contribution in [-0.2, 0) is 16.0 Å². The number of carboxylic acids is 1. The van der Waals surface area contributed by atoms with Crippen LogP contribution in [0.15, 0.2) is 48.7 Å². The molecule has 5 N–H and O–H groups in total. The van der Waals surface area contributed by atoms with Crippen molar-refractivity contribution >= 4 is 29.4 Å². The number of amides is 2. The third-order valence-corrected chi connectivity index (χ3v) is 6.41. The Bertz CT molecular complexity index is 1250. The van der Waals surface area contributed by atoms with Gasteiger partial charge in [-0.15, -0.1) is 0 Å². The Labute approximate surface area is 217 Å². The van der Waals surface area contributed by atoms with E-state index in [1.165, 1.54) is 24.4 Å². The first kappa shape index (κ1) is 26.2. The van der Waals surface area contributed by atoms with Crippen LogP contribution in [0.3, 0.4) is 0 Å². The van der Waals surface area contributed by atoms with E-state index in [-0.39, 0.29) is 24.4 Å². The summed E-state index contributed by atoms with van der Waals surface area (Å²) in [6.45, 7) is 0.696. The molecule has 3 atom stereocenters. The molecule has 12 heteroatoms. The van der Waals surface area contributed by atoms with Crippen molar-refractivity contribution in [3.05, 3.63) is 70.8 Å². The number of hydrogen-bond acceptors (Lipinski definition) is 6. The van der Waals surface area contributed by atoms with Crippen LogP contribution in [0, 0.1) is 5.82 Å². The summed E-state index contributed by atoms with van der Waals surface area (Å²) in [7, 11) is 0. The molecule has 37 heavy (non-hydrogen) atoms. The maximum Gasteiger partial charge on any atom is 0.326 e. The first-order chi connectivity index (χ1) is 17.8. The zero-order valence-electron chi connectivity index (χ0n) is 19.7. The average Bonchev–Trinajstić information content (AvgIpc) is 3.60. The molecule has 0 bridgehead atoms. The molecule has 0 aliphatic carbocycles. The largest absolute Gasteiger partial charge is 0.480 e. The van der Waals surface area contributed by atoms with Gasteiger partial charge in [0, 0.05) is 16.6 Å². The molecule has 4 rings (SSSR count). The van der Waals surface area contributed by atoms with Crippen molar-refractivity contribution in [2.24, 2.45) is 0 Å². The van der Waals surface area contributed by atoms with E-state index < -0.39 is 35.8 Å². The SMILES string of the molecule is O=C(NC(Cc1ccc(-c2cc(Cl)ccc2F)cc1)CC(NC(=O)C1CCCN1)C(=O)O)c1cn[nH]n1. The van der Waals surface area contributed by atoms with Crippen molar-refractivity contribution in [3.63, 3.8) is 0 Å². The van der Waals surface area contributed by atoms with Crippen LogP contribution < -0.4 is 16.0 Å². The molecule has 2 heterocycles. The summed E-state index contributed by atoms with van der Waals surface area (Å²) in [5, 5.41) is 28.4. The van der Waals surface area contributed by atoms with E-state index >= 15 is 0 Å². The Morgan fingerprint density at radius 2 is 1.95 bits per heavy atom. The first-order valence-electron chi connectivity index (χ1n) is 11.8. The number of halogens is 2. The topological polar surface area (TPSA) is 149 Å². The van der Waals surface area contributed by atoms with Crippen molar-refractivity contribution in [2.75, 3.05) is 6.54 Å². The van der Waals surface area contributed by atoms with E-state index in [1.807, 2.05) is 0 Å². The highest BCUT2D eigenvalue weighted by molar-refractivity contribution is 6.30. The number of hydrogen-bond donors (Lipinski definition) is 5. The summed E-state index contributed by atoms with van der Waals surface area (Å²) in [5.41, 5.74) is 1.78. The number of carboxylic acid groups (broad SMARTS) is 1. The third kappa shape index (κ3) is 6.89. The van der Waals surface area contributed by atoms with E-state index in [9.17, 15) is 23.9 Å². The molecule has 0 spiro atoms. The number of carbonyl (C=O) groups is 3. The molecule has 3 unspecified atom stereocenters. The van der Waals surface area contributed by atoms with E-state index in [2.05, 4.69) is 31.4 Å². The standard InChI is InChI=1S/C25H26ClFN6O4/c26-16-7-8-19(27)18(11-16)15-5-3-14(4-6-15)10-17(30-24(35)22-13-29-33-32-22)12-21(25(36)37)31-23(34)20-2-1-9-28-20/h3-8,11,13,17,20-21,28H,1-2,9-10,12H2,(H,30,35)(H,31,34)(H,36,37)(H,29,32,33). The predicted molar refractivity (Wildman–Crippen MR) is 133 cm³/mol. The Hall–Kier alpha value is -3.83. The van der Waals surface area contributed by atoms with Gasteiger partial charge in [-0.25, -0.2) is 9.18 Å². The molecular formula is C25H26ClFN6O4. The number of benzene rings is 2. The highest BCUT2D eigenvalue weighted by Gasteiger charge is 2.30. The summed E-state index contributed by atoms with van der Waals surface area (Å²) >= 11 is 6.01. The van der Waals surface area contributed by atoms with Crippen molar-refractivity contribution in [1.29, 1.82) is 0 Å². The first-order valence-corrected chi connectivity index (χ1v) is 12.2. The lowest BCUT2D eigenvalue weighted by atomic mass is 9.96. The van der Waals surface area contributed by atoms with Gasteiger partial charge in [0.1, 0.15) is 11.9 Å². The van der Waals surface area contributed by atoms with Crippen LogP contribution in [0.1, 0.15) is 35.3 Å². The van der Waals surface area contributed by atoms with Crippen molar-refractivity contribution in [1.82, 2.24) is 31.4 Å². The number of aromatic nitrogens is 3. The fraction of sp³-hybridized carbons (Fsp3) is 0.320. The van der Waals surface area contributed by atoms with E-state index in [1.54, 1.807) is 24.3 Å². The number of nitrogens with zero attached hydrogens (tertiary/aromatic N) is 2. The Kier molecular flexibility index (Phi) is 8.47. The number of rotatable bonds is 10. The molecule has 2 aromatic carbocycles. The molecule has 1 saturated heterocycles. The van der Waals surface area contributed by atoms with Crippen LogP contribution in [0.4, 0.5) is 4.39 Å². The van der Waals surface area contributed by atoms with Gasteiger partial charge in [0.15, 0.2) is 5.69 Å². The zero-order valence-corrected chi connectivity index (χ0v) is 20.5. The van der Waals surface area contributed by atoms with Crippen LogP contribution in [0.25, 0.3) is 11.1 Å². The molecule has 0 saturated carbocycles. The fourth-order valence-electron chi connectivity index (χ4n) is 4.27. The van der Waals surface area contributed by atoms with Crippen LogP contribution in [0.2, 0.25) is 5.02 Å². The van der Waals surface area contributed by atoms with Crippen LogP contribution in [0.5, 0.6) is 0 Å². The van der Waals surface area contributed by atoms with Gasteiger partial charge in [0.2, 0.25) is 5.91 Å². The van der Waals surface area contributed by atoms with Gasteiger partial charge < -0.3 is 21.1 Å². The minimum absolute atomic E-state index is 0.0443. The molecule has 1 aliphatic heterocycles. The third-order valence-electron chi connectivity index (χ3n) is 6.17. The molecular weight excluding hydrogens is 503 g/mol. The van der Waals surface area contributed by atoms with Gasteiger partial charge in [0.25, 0.3) is 5.91 Å². The number of nitrogens with one attached hydrogen (secondary N) is 4. The smallest absolute Gasteiger partial charge is 0.326 e. The van der Waals surface area contributed by atoms with E-state index in [4.69, 9.17) is 11.6 Å². The zero-order chi connectivity index (χ0) is 26.4. The molecule has 1 aliphatic rings. The van der Waals surface area contributed by atoms with Gasteiger partial charge in [-0.05, 0) is 61.6 Å². The minimum Gasteiger partial charge on any atom is -0.480 e. The lowest BCUT2D eigenvalue weighted by molar-refractivity contribution is -0.142. The quantitative estimate of drug-likeness (QED) is 0.271. The summed E-state index contributed by atoms with van der Waals surface area (Å²) in [6, 6.07) is 8.94.